The topological polar surface area (TPSA) is 85.8 Å². The van der Waals surface area contributed by atoms with Crippen LogP contribution in [0.3, 0.4) is 0 Å². The highest BCUT2D eigenvalue weighted by molar-refractivity contribution is 6.30. The van der Waals surface area contributed by atoms with Gasteiger partial charge in [0, 0.05) is 10.7 Å². The zero-order chi connectivity index (χ0) is 18.0. The average molecular weight is 360 g/mol. The number of nitrogens with two attached hydrogens (primary N) is 1. The fourth-order valence-electron chi connectivity index (χ4n) is 2.22. The van der Waals surface area contributed by atoms with Crippen LogP contribution in [0.5, 0.6) is 0 Å². The van der Waals surface area contributed by atoms with Gasteiger partial charge in [0.2, 0.25) is 0 Å². The number of nitrogen functional groups attached to an aromatic ring is 1. The zero-order valence-corrected chi connectivity index (χ0v) is 14.1. The lowest BCUT2D eigenvalue weighted by Gasteiger charge is -2.06. The van der Waals surface area contributed by atoms with Crippen LogP contribution < -0.4 is 11.1 Å². The Bertz CT molecular complexity index is 923. The van der Waals surface area contributed by atoms with Crippen molar-refractivity contribution in [1.29, 1.82) is 0 Å². The Morgan fingerprint density at radius 3 is 2.68 bits per heavy atom. The Hall–Kier alpha value is -2.93. The van der Waals surface area contributed by atoms with E-state index in [4.69, 9.17) is 17.3 Å². The van der Waals surface area contributed by atoms with Gasteiger partial charge in [-0.05, 0) is 42.3 Å². The van der Waals surface area contributed by atoms with Crippen molar-refractivity contribution in [1.82, 2.24) is 15.0 Å². The molecule has 0 saturated heterocycles. The molecule has 8 heteroatoms. The van der Waals surface area contributed by atoms with Crippen molar-refractivity contribution in [2.24, 2.45) is 0 Å². The second-order valence-corrected chi connectivity index (χ2v) is 5.96. The van der Waals surface area contributed by atoms with E-state index in [1.807, 2.05) is 12.1 Å². The maximum atomic E-state index is 13.6. The minimum atomic E-state index is -0.553. The number of hydrogen-bond acceptors (Lipinski definition) is 4. The van der Waals surface area contributed by atoms with E-state index in [0.717, 1.165) is 5.56 Å². The van der Waals surface area contributed by atoms with Crippen LogP contribution in [0.4, 0.5) is 15.9 Å². The summed E-state index contributed by atoms with van der Waals surface area (Å²) >= 11 is 5.85. The Kier molecular flexibility index (Phi) is 4.67. The molecule has 1 amide bonds. The van der Waals surface area contributed by atoms with Crippen LogP contribution in [0.25, 0.3) is 0 Å². The van der Waals surface area contributed by atoms with Gasteiger partial charge in [0.1, 0.15) is 5.82 Å². The van der Waals surface area contributed by atoms with Gasteiger partial charge in [0.05, 0.1) is 6.54 Å². The molecule has 0 fully saturated rings. The Morgan fingerprint density at radius 1 is 1.28 bits per heavy atom. The SMILES string of the molecule is Cc1ccc(NC(=O)c2nnn(Cc3ccc(Cl)cc3)c2N)cc1F. The quantitative estimate of drug-likeness (QED) is 0.748. The van der Waals surface area contributed by atoms with E-state index in [0.29, 0.717) is 22.8 Å². The van der Waals surface area contributed by atoms with E-state index in [-0.39, 0.29) is 11.5 Å². The van der Waals surface area contributed by atoms with E-state index < -0.39 is 11.7 Å². The van der Waals surface area contributed by atoms with Crippen molar-refractivity contribution in [3.63, 3.8) is 0 Å². The smallest absolute Gasteiger partial charge is 0.280 e. The molecule has 0 bridgehead atoms. The Labute approximate surface area is 148 Å². The molecule has 2 aromatic carbocycles. The van der Waals surface area contributed by atoms with Gasteiger partial charge in [0.15, 0.2) is 11.5 Å². The molecule has 0 aliphatic heterocycles. The van der Waals surface area contributed by atoms with Crippen LogP contribution in [0.2, 0.25) is 5.02 Å². The van der Waals surface area contributed by atoms with Gasteiger partial charge in [-0.1, -0.05) is 35.0 Å². The van der Waals surface area contributed by atoms with Gasteiger partial charge in [0.25, 0.3) is 5.91 Å². The maximum Gasteiger partial charge on any atom is 0.280 e. The number of aromatic nitrogens is 3. The lowest BCUT2D eigenvalue weighted by atomic mass is 10.2. The fraction of sp³-hybridized carbons (Fsp3) is 0.118. The van der Waals surface area contributed by atoms with Gasteiger partial charge in [-0.15, -0.1) is 5.10 Å². The first-order valence-electron chi connectivity index (χ1n) is 7.45. The zero-order valence-electron chi connectivity index (χ0n) is 13.3. The number of carbonyl (C=O) groups is 1. The van der Waals surface area contributed by atoms with Crippen LogP contribution in [-0.4, -0.2) is 20.9 Å². The summed E-state index contributed by atoms with van der Waals surface area (Å²) in [5, 5.41) is 10.9. The van der Waals surface area contributed by atoms with Crippen molar-refractivity contribution >= 4 is 29.0 Å². The molecule has 0 aliphatic carbocycles. The number of nitrogens with zero attached hydrogens (tertiary/aromatic N) is 3. The molecular formula is C17H15ClFN5O. The van der Waals surface area contributed by atoms with Crippen LogP contribution in [-0.2, 0) is 6.54 Å². The lowest BCUT2D eigenvalue weighted by molar-refractivity contribution is 0.102. The molecular weight excluding hydrogens is 345 g/mol. The minimum Gasteiger partial charge on any atom is -0.382 e. The molecule has 0 saturated carbocycles. The molecule has 3 N–H and O–H groups in total. The summed E-state index contributed by atoms with van der Waals surface area (Å²) < 4.78 is 15.0. The molecule has 0 radical (unpaired) electrons. The third kappa shape index (κ3) is 3.77. The van der Waals surface area contributed by atoms with Gasteiger partial charge in [-0.2, -0.15) is 0 Å². The molecule has 0 spiro atoms. The first kappa shape index (κ1) is 16.9. The number of carbonyl (C=O) groups excluding carboxylic acids is 1. The highest BCUT2D eigenvalue weighted by atomic mass is 35.5. The molecule has 128 valence electrons. The van der Waals surface area contributed by atoms with Gasteiger partial charge in [-0.25, -0.2) is 9.07 Å². The van der Waals surface area contributed by atoms with E-state index in [1.54, 1.807) is 31.2 Å². The van der Waals surface area contributed by atoms with Crippen LogP contribution in [0.15, 0.2) is 42.5 Å². The second-order valence-electron chi connectivity index (χ2n) is 5.53. The van der Waals surface area contributed by atoms with Crippen LogP contribution in [0.1, 0.15) is 21.6 Å². The number of hydrogen-bond donors (Lipinski definition) is 2. The largest absolute Gasteiger partial charge is 0.382 e. The number of anilines is 2. The number of benzene rings is 2. The third-order valence-electron chi connectivity index (χ3n) is 3.66. The number of nitrogens with one attached hydrogen (secondary N) is 1. The molecule has 0 atom stereocenters. The Balaban J connectivity index is 1.76. The summed E-state index contributed by atoms with van der Waals surface area (Å²) in [6.07, 6.45) is 0. The minimum absolute atomic E-state index is 0.0186. The van der Waals surface area contributed by atoms with Gasteiger partial charge >= 0.3 is 0 Å². The predicted molar refractivity (Wildman–Crippen MR) is 94.1 cm³/mol. The molecule has 0 unspecified atom stereocenters. The van der Waals surface area contributed by atoms with E-state index in [9.17, 15) is 9.18 Å². The van der Waals surface area contributed by atoms with Crippen molar-refractivity contribution < 1.29 is 9.18 Å². The Morgan fingerprint density at radius 2 is 2.00 bits per heavy atom. The van der Waals surface area contributed by atoms with Crippen LogP contribution in [0, 0.1) is 12.7 Å². The number of halogens is 2. The van der Waals surface area contributed by atoms with Crippen molar-refractivity contribution in [2.75, 3.05) is 11.1 Å². The number of aryl methyl sites for hydroxylation is 1. The van der Waals surface area contributed by atoms with Crippen molar-refractivity contribution in [3.8, 4) is 0 Å². The van der Waals surface area contributed by atoms with E-state index >= 15 is 0 Å². The number of amides is 1. The van der Waals surface area contributed by atoms with E-state index in [2.05, 4.69) is 15.6 Å². The molecule has 3 rings (SSSR count). The first-order chi connectivity index (χ1) is 11.9. The first-order valence-corrected chi connectivity index (χ1v) is 7.83. The summed E-state index contributed by atoms with van der Waals surface area (Å²) in [7, 11) is 0. The van der Waals surface area contributed by atoms with Crippen molar-refractivity contribution in [2.45, 2.75) is 13.5 Å². The highest BCUT2D eigenvalue weighted by Crippen LogP contribution is 2.17. The molecule has 3 aromatic rings. The third-order valence-corrected chi connectivity index (χ3v) is 3.92. The normalized spacial score (nSPS) is 10.7. The molecule has 1 heterocycles. The van der Waals surface area contributed by atoms with Gasteiger partial charge < -0.3 is 11.1 Å². The summed E-state index contributed by atoms with van der Waals surface area (Å²) in [5.74, 6) is -0.833. The maximum absolute atomic E-state index is 13.6. The molecule has 0 aliphatic rings. The standard InChI is InChI=1S/C17H15ClFN5O/c1-10-2-7-13(8-14(10)19)21-17(25)15-16(20)24(23-22-15)9-11-3-5-12(18)6-4-11/h2-8H,9,20H2,1H3,(H,21,25). The lowest BCUT2D eigenvalue weighted by Crippen LogP contribution is -2.15. The predicted octanol–water partition coefficient (Wildman–Crippen LogP) is 3.26. The monoisotopic (exact) mass is 359 g/mol. The summed E-state index contributed by atoms with van der Waals surface area (Å²) in [6, 6.07) is 11.6. The summed E-state index contributed by atoms with van der Waals surface area (Å²) in [5.41, 5.74) is 7.67. The highest BCUT2D eigenvalue weighted by Gasteiger charge is 2.18. The number of rotatable bonds is 4. The van der Waals surface area contributed by atoms with Crippen LogP contribution >= 0.6 is 11.6 Å². The second kappa shape index (κ2) is 6.90. The molecule has 6 nitrogen and oxygen atoms in total. The molecule has 1 aromatic heterocycles. The van der Waals surface area contributed by atoms with Crippen molar-refractivity contribution in [3.05, 3.63) is 70.1 Å². The van der Waals surface area contributed by atoms with E-state index in [1.165, 1.54) is 10.7 Å². The average Bonchev–Trinajstić information content (AvgIpc) is 2.94. The summed E-state index contributed by atoms with van der Waals surface area (Å²) in [6.45, 7) is 1.99. The summed E-state index contributed by atoms with van der Waals surface area (Å²) in [4.78, 5) is 12.3. The fourth-order valence-corrected chi connectivity index (χ4v) is 2.35. The van der Waals surface area contributed by atoms with Gasteiger partial charge in [-0.3, -0.25) is 4.79 Å². The molecule has 25 heavy (non-hydrogen) atoms.